The summed E-state index contributed by atoms with van der Waals surface area (Å²) < 4.78 is 30.3. The van der Waals surface area contributed by atoms with Gasteiger partial charge in [-0.25, -0.2) is 0 Å². The highest BCUT2D eigenvalue weighted by molar-refractivity contribution is 7.45. The first kappa shape index (κ1) is 71.9. The third-order valence-electron chi connectivity index (χ3n) is 13.0. The summed E-state index contributed by atoms with van der Waals surface area (Å²) in [7, 11) is 1.14. The number of phosphoric ester groups is 1. The molecular weight excluding hydrogens is 952 g/mol. The van der Waals surface area contributed by atoms with Crippen molar-refractivity contribution in [2.45, 2.75) is 264 Å². The van der Waals surface area contributed by atoms with Gasteiger partial charge in [-0.2, -0.15) is 0 Å². The third kappa shape index (κ3) is 55.5. The molecule has 0 aliphatic carbocycles. The number of nitrogens with zero attached hydrogens (tertiary/aromatic N) is 1. The molecule has 9 nitrogen and oxygen atoms in total. The molecule has 0 fully saturated rings. The number of nitrogens with one attached hydrogen (secondary N) is 1. The van der Waals surface area contributed by atoms with Crippen LogP contribution >= 0.6 is 7.82 Å². The molecule has 1 amide bonds. The molecule has 0 aliphatic heterocycles. The zero-order valence-electron chi connectivity index (χ0n) is 49.2. The second kappa shape index (κ2) is 54.3. The molecule has 0 heterocycles. The summed E-state index contributed by atoms with van der Waals surface area (Å²) in [5, 5.41) is 3.01. The number of unbranched alkanes of at least 4 members (excludes halogenated alkanes) is 24. The summed E-state index contributed by atoms with van der Waals surface area (Å²) >= 11 is 0. The van der Waals surface area contributed by atoms with E-state index in [-0.39, 0.29) is 18.9 Å². The number of hydrogen-bond acceptors (Lipinski definition) is 7. The minimum Gasteiger partial charge on any atom is -0.756 e. The average molecular weight is 1070 g/mol. The average Bonchev–Trinajstić information content (AvgIpc) is 3.37. The van der Waals surface area contributed by atoms with Gasteiger partial charge in [0, 0.05) is 12.8 Å². The number of amides is 1. The van der Waals surface area contributed by atoms with Crippen molar-refractivity contribution in [2.75, 3.05) is 40.9 Å². The van der Waals surface area contributed by atoms with Crippen LogP contribution in [0.5, 0.6) is 0 Å². The zero-order chi connectivity index (χ0) is 55.0. The highest BCUT2D eigenvalue weighted by Gasteiger charge is 2.27. The van der Waals surface area contributed by atoms with Crippen molar-refractivity contribution < 1.29 is 37.3 Å². The largest absolute Gasteiger partial charge is 0.756 e. The first-order chi connectivity index (χ1) is 36.4. The summed E-state index contributed by atoms with van der Waals surface area (Å²) in [4.78, 5) is 40.0. The Morgan fingerprint density at radius 2 is 0.867 bits per heavy atom. The van der Waals surface area contributed by atoms with E-state index >= 15 is 0 Å². The molecule has 10 heteroatoms. The van der Waals surface area contributed by atoms with Crippen LogP contribution in [0, 0.1) is 0 Å². The van der Waals surface area contributed by atoms with Gasteiger partial charge < -0.3 is 28.5 Å². The minimum absolute atomic E-state index is 0.0361. The van der Waals surface area contributed by atoms with Crippen LogP contribution < -0.4 is 10.2 Å². The molecule has 0 aromatic heterocycles. The Balaban J connectivity index is 5.40. The van der Waals surface area contributed by atoms with Gasteiger partial charge in [-0.15, -0.1) is 0 Å². The molecule has 0 aromatic carbocycles. The zero-order valence-corrected chi connectivity index (χ0v) is 50.1. The molecule has 0 rings (SSSR count). The molecule has 0 saturated heterocycles. The highest BCUT2D eigenvalue weighted by atomic mass is 31.2. The van der Waals surface area contributed by atoms with Gasteiger partial charge in [-0.3, -0.25) is 14.2 Å². The fraction of sp³-hybridized carbons (Fsp3) is 0.723. The maximum atomic E-state index is 13.5. The van der Waals surface area contributed by atoms with E-state index in [4.69, 9.17) is 13.8 Å². The second-order valence-electron chi connectivity index (χ2n) is 21.5. The number of quaternary nitrogens is 1. The number of hydrogen-bond donors (Lipinski definition) is 1. The molecule has 3 atom stereocenters. The van der Waals surface area contributed by atoms with Crippen LogP contribution in [0.25, 0.3) is 0 Å². The smallest absolute Gasteiger partial charge is 0.306 e. The van der Waals surface area contributed by atoms with Gasteiger partial charge in [-0.05, 0) is 102 Å². The van der Waals surface area contributed by atoms with Gasteiger partial charge in [0.05, 0.1) is 33.8 Å². The van der Waals surface area contributed by atoms with Crippen molar-refractivity contribution in [3.8, 4) is 0 Å². The van der Waals surface area contributed by atoms with Gasteiger partial charge in [0.2, 0.25) is 5.91 Å². The molecular formula is C65H115N2O7P. The summed E-state index contributed by atoms with van der Waals surface area (Å²) in [6.07, 6.45) is 72.3. The highest BCUT2D eigenvalue weighted by Crippen LogP contribution is 2.38. The lowest BCUT2D eigenvalue weighted by molar-refractivity contribution is -0.870. The van der Waals surface area contributed by atoms with Gasteiger partial charge in [0.1, 0.15) is 19.3 Å². The van der Waals surface area contributed by atoms with Crippen LogP contribution in [-0.4, -0.2) is 69.4 Å². The molecule has 75 heavy (non-hydrogen) atoms. The Morgan fingerprint density at radius 1 is 0.480 bits per heavy atom. The fourth-order valence-corrected chi connectivity index (χ4v) is 9.02. The van der Waals surface area contributed by atoms with Crippen molar-refractivity contribution in [1.82, 2.24) is 5.32 Å². The fourth-order valence-electron chi connectivity index (χ4n) is 8.29. The van der Waals surface area contributed by atoms with Crippen molar-refractivity contribution in [2.24, 2.45) is 0 Å². The van der Waals surface area contributed by atoms with Crippen molar-refractivity contribution in [1.29, 1.82) is 0 Å². The van der Waals surface area contributed by atoms with Crippen LogP contribution in [0.2, 0.25) is 0 Å². The summed E-state index contributed by atoms with van der Waals surface area (Å²) in [5.41, 5.74) is 0. The van der Waals surface area contributed by atoms with Crippen molar-refractivity contribution >= 4 is 19.7 Å². The van der Waals surface area contributed by atoms with E-state index in [1.807, 2.05) is 33.3 Å². The van der Waals surface area contributed by atoms with E-state index in [9.17, 15) is 19.0 Å². The lowest BCUT2D eigenvalue weighted by atomic mass is 10.0. The molecule has 0 spiro atoms. The third-order valence-corrected chi connectivity index (χ3v) is 14.0. The topological polar surface area (TPSA) is 114 Å². The number of phosphoric acid groups is 1. The van der Waals surface area contributed by atoms with Crippen LogP contribution in [-0.2, 0) is 27.9 Å². The van der Waals surface area contributed by atoms with Crippen LogP contribution in [0.3, 0.4) is 0 Å². The molecule has 0 radical (unpaired) electrons. The standard InChI is InChI=1S/C65H115N2O7P/c1-7-10-13-16-19-22-25-28-30-32-33-35-36-39-42-45-48-51-54-57-64(68)66-62(61-73-75(70,71)72-60-59-67(4,5)6)63(56-53-50-47-44-41-38-27-24-21-18-15-12-9-3)74-65(69)58-55-52-49-46-43-40-37-34-31-29-26-23-20-17-14-11-8-2/h11,14,19-20,22-23,28-31,37,40,46,49,53,56,62-63H,7-10,12-13,15-18,21,24-27,32-36,38-39,41-45,47-48,50-52,54-55,57-61H2,1-6H3,(H-,66,68,70,71)/b14-11-,22-19-,23-20-,30-28-,31-29-,40-37-,49-46-,56-53+. The van der Waals surface area contributed by atoms with E-state index in [2.05, 4.69) is 111 Å². The summed E-state index contributed by atoms with van der Waals surface area (Å²) in [5.74, 6) is -0.616. The summed E-state index contributed by atoms with van der Waals surface area (Å²) in [6, 6.07) is -0.919. The van der Waals surface area contributed by atoms with Gasteiger partial charge >= 0.3 is 5.97 Å². The maximum Gasteiger partial charge on any atom is 0.306 e. The van der Waals surface area contributed by atoms with Gasteiger partial charge in [0.25, 0.3) is 7.82 Å². The Kier molecular flexibility index (Phi) is 52.1. The van der Waals surface area contributed by atoms with E-state index in [1.165, 1.54) is 116 Å². The van der Waals surface area contributed by atoms with E-state index in [1.54, 1.807) is 0 Å². The second-order valence-corrected chi connectivity index (χ2v) is 22.9. The number of esters is 1. The number of carbonyl (C=O) groups excluding carboxylic acids is 2. The Morgan fingerprint density at radius 3 is 1.33 bits per heavy atom. The normalized spacial score (nSPS) is 14.4. The Hall–Kier alpha value is -3.07. The summed E-state index contributed by atoms with van der Waals surface area (Å²) in [6.45, 7) is 6.66. The van der Waals surface area contributed by atoms with Gasteiger partial charge in [-0.1, -0.05) is 234 Å². The van der Waals surface area contributed by atoms with Crippen molar-refractivity contribution in [3.05, 3.63) is 97.2 Å². The predicted octanol–water partition coefficient (Wildman–Crippen LogP) is 18.1. The quantitative estimate of drug-likeness (QED) is 0.0212. The van der Waals surface area contributed by atoms with Crippen LogP contribution in [0.15, 0.2) is 97.2 Å². The van der Waals surface area contributed by atoms with E-state index in [0.29, 0.717) is 23.9 Å². The molecule has 0 aromatic rings. The van der Waals surface area contributed by atoms with Gasteiger partial charge in [0.15, 0.2) is 0 Å². The minimum atomic E-state index is -4.72. The molecule has 432 valence electrons. The number of allylic oxidation sites excluding steroid dienone is 15. The molecule has 0 bridgehead atoms. The Labute approximate surface area is 462 Å². The first-order valence-corrected chi connectivity index (χ1v) is 32.0. The van der Waals surface area contributed by atoms with Crippen LogP contribution in [0.4, 0.5) is 0 Å². The number of carbonyl (C=O) groups is 2. The molecule has 0 aliphatic rings. The monoisotopic (exact) mass is 1070 g/mol. The van der Waals surface area contributed by atoms with Crippen LogP contribution in [0.1, 0.15) is 252 Å². The lowest BCUT2D eigenvalue weighted by Gasteiger charge is -2.30. The Bertz CT molecular complexity index is 1610. The molecule has 3 unspecified atom stereocenters. The first-order valence-electron chi connectivity index (χ1n) is 30.5. The lowest BCUT2D eigenvalue weighted by Crippen LogP contribution is -2.47. The van der Waals surface area contributed by atoms with E-state index in [0.717, 1.165) is 96.3 Å². The molecule has 0 saturated carbocycles. The maximum absolute atomic E-state index is 13.5. The molecule has 1 N–H and O–H groups in total. The number of ether oxygens (including phenoxy) is 1. The van der Waals surface area contributed by atoms with E-state index < -0.39 is 32.5 Å². The predicted molar refractivity (Wildman–Crippen MR) is 321 cm³/mol. The number of rotatable bonds is 54. The number of likely N-dealkylation sites (N-methyl/N-ethyl adjacent to an activating group) is 1. The van der Waals surface area contributed by atoms with Crippen molar-refractivity contribution in [3.63, 3.8) is 0 Å². The SMILES string of the molecule is CC/C=C\C/C=C\C/C=C\C/C=C\C/C=C\CCCC(=O)OC(/C=C/CCCCCCCCCCCCC)C(COP(=O)([O-])OCC[N+](C)(C)C)NC(=O)CCCCCCCCCCC/C=C\C/C=C\CCCCC.